The van der Waals surface area contributed by atoms with Gasteiger partial charge in [-0.2, -0.15) is 0 Å². The maximum atomic E-state index is 12.2. The van der Waals surface area contributed by atoms with Crippen molar-refractivity contribution in [1.82, 2.24) is 9.80 Å². The third-order valence-electron chi connectivity index (χ3n) is 4.29. The zero-order valence-electron chi connectivity index (χ0n) is 14.2. The lowest BCUT2D eigenvalue weighted by Crippen LogP contribution is -2.52. The summed E-state index contributed by atoms with van der Waals surface area (Å²) in [5.41, 5.74) is 0.634. The van der Waals surface area contributed by atoms with Crippen molar-refractivity contribution in [3.8, 4) is 5.75 Å². The van der Waals surface area contributed by atoms with E-state index in [2.05, 4.69) is 0 Å². The Morgan fingerprint density at radius 1 is 1.12 bits per heavy atom. The van der Waals surface area contributed by atoms with Crippen LogP contribution >= 0.6 is 0 Å². The van der Waals surface area contributed by atoms with Crippen molar-refractivity contribution in [3.63, 3.8) is 0 Å². The molecule has 7 nitrogen and oxygen atoms in total. The van der Waals surface area contributed by atoms with Gasteiger partial charge in [0.15, 0.2) is 0 Å². The number of benzene rings is 1. The summed E-state index contributed by atoms with van der Waals surface area (Å²) >= 11 is 0. The smallest absolute Gasteiger partial charge is 0.333 e. The van der Waals surface area contributed by atoms with Crippen LogP contribution < -0.4 is 4.74 Å². The van der Waals surface area contributed by atoms with Crippen LogP contribution in [0.2, 0.25) is 0 Å². The van der Waals surface area contributed by atoms with E-state index in [9.17, 15) is 14.4 Å². The SMILES string of the molecule is CN1C(=O)C(=Cc2ccc(OC[C@H]3CCCO3)cc2)C(=O)N(C)C1=O. The lowest BCUT2D eigenvalue weighted by atomic mass is 10.1. The summed E-state index contributed by atoms with van der Waals surface area (Å²) < 4.78 is 11.2. The van der Waals surface area contributed by atoms with Gasteiger partial charge in [-0.05, 0) is 36.6 Å². The summed E-state index contributed by atoms with van der Waals surface area (Å²) in [6, 6.07) is 6.43. The molecular formula is C18H20N2O5. The lowest BCUT2D eigenvalue weighted by molar-refractivity contribution is -0.134. The number of rotatable bonds is 4. The molecule has 1 aromatic rings. The average Bonchev–Trinajstić information content (AvgIpc) is 3.15. The van der Waals surface area contributed by atoms with Crippen LogP contribution in [0, 0.1) is 0 Å². The molecule has 1 aromatic carbocycles. The first-order valence-electron chi connectivity index (χ1n) is 8.13. The molecule has 0 radical (unpaired) electrons. The minimum atomic E-state index is -0.634. The van der Waals surface area contributed by atoms with Gasteiger partial charge in [0, 0.05) is 20.7 Å². The number of barbiturate groups is 1. The molecule has 0 N–H and O–H groups in total. The number of amides is 4. The first kappa shape index (κ1) is 17.2. The molecule has 2 aliphatic heterocycles. The second kappa shape index (κ2) is 7.06. The normalized spacial score (nSPS) is 21.1. The van der Waals surface area contributed by atoms with E-state index in [1.165, 1.54) is 20.2 Å². The largest absolute Gasteiger partial charge is 0.491 e. The Hall–Kier alpha value is -2.67. The highest BCUT2D eigenvalue weighted by Crippen LogP contribution is 2.20. The van der Waals surface area contributed by atoms with Crippen LogP contribution in [0.4, 0.5) is 4.79 Å². The van der Waals surface area contributed by atoms with Crippen molar-refractivity contribution >= 4 is 23.9 Å². The van der Waals surface area contributed by atoms with Crippen LogP contribution in [-0.4, -0.2) is 61.1 Å². The Morgan fingerprint density at radius 3 is 2.32 bits per heavy atom. The van der Waals surface area contributed by atoms with Crippen molar-refractivity contribution in [2.45, 2.75) is 18.9 Å². The van der Waals surface area contributed by atoms with E-state index in [-0.39, 0.29) is 11.7 Å². The molecule has 0 aliphatic carbocycles. The van der Waals surface area contributed by atoms with Crippen molar-refractivity contribution < 1.29 is 23.9 Å². The minimum absolute atomic E-state index is 0.0439. The maximum absolute atomic E-state index is 12.2. The zero-order chi connectivity index (χ0) is 18.0. The Bertz CT molecular complexity index is 693. The highest BCUT2D eigenvalue weighted by Gasteiger charge is 2.37. The molecule has 0 unspecified atom stereocenters. The van der Waals surface area contributed by atoms with Crippen LogP contribution in [0.25, 0.3) is 6.08 Å². The Balaban J connectivity index is 1.71. The Labute approximate surface area is 145 Å². The van der Waals surface area contributed by atoms with E-state index in [0.29, 0.717) is 17.9 Å². The minimum Gasteiger partial charge on any atom is -0.491 e. The number of hydrogen-bond donors (Lipinski definition) is 0. The summed E-state index contributed by atoms with van der Waals surface area (Å²) in [6.45, 7) is 1.29. The van der Waals surface area contributed by atoms with E-state index in [0.717, 1.165) is 29.2 Å². The third-order valence-corrected chi connectivity index (χ3v) is 4.29. The fraction of sp³-hybridized carbons (Fsp3) is 0.389. The first-order valence-corrected chi connectivity index (χ1v) is 8.13. The molecule has 1 atom stereocenters. The van der Waals surface area contributed by atoms with Crippen LogP contribution in [0.15, 0.2) is 29.8 Å². The molecule has 7 heteroatoms. The zero-order valence-corrected chi connectivity index (χ0v) is 14.2. The molecule has 2 aliphatic rings. The molecule has 132 valence electrons. The number of urea groups is 1. The predicted octanol–water partition coefficient (Wildman–Crippen LogP) is 1.68. The molecule has 0 saturated carbocycles. The molecule has 25 heavy (non-hydrogen) atoms. The van der Waals surface area contributed by atoms with Gasteiger partial charge in [0.1, 0.15) is 17.9 Å². The van der Waals surface area contributed by atoms with Gasteiger partial charge in [-0.1, -0.05) is 12.1 Å². The van der Waals surface area contributed by atoms with Gasteiger partial charge in [-0.15, -0.1) is 0 Å². The summed E-state index contributed by atoms with van der Waals surface area (Å²) in [5.74, 6) is -0.512. The van der Waals surface area contributed by atoms with E-state index in [4.69, 9.17) is 9.47 Å². The van der Waals surface area contributed by atoms with Crippen LogP contribution in [-0.2, 0) is 14.3 Å². The van der Waals surface area contributed by atoms with E-state index >= 15 is 0 Å². The number of likely N-dealkylation sites (N-methyl/N-ethyl adjacent to an activating group) is 2. The van der Waals surface area contributed by atoms with Crippen molar-refractivity contribution in [2.24, 2.45) is 0 Å². The van der Waals surface area contributed by atoms with E-state index in [1.807, 2.05) is 0 Å². The summed E-state index contributed by atoms with van der Waals surface area (Å²) in [5, 5.41) is 0. The van der Waals surface area contributed by atoms with Crippen LogP contribution in [0.1, 0.15) is 18.4 Å². The number of carbonyl (C=O) groups is 3. The van der Waals surface area contributed by atoms with Gasteiger partial charge in [0.2, 0.25) is 0 Å². The molecule has 3 rings (SSSR count). The Kier molecular flexibility index (Phi) is 4.85. The van der Waals surface area contributed by atoms with Gasteiger partial charge < -0.3 is 9.47 Å². The third kappa shape index (κ3) is 3.56. The highest BCUT2D eigenvalue weighted by atomic mass is 16.5. The molecule has 2 heterocycles. The quantitative estimate of drug-likeness (QED) is 0.613. The fourth-order valence-electron chi connectivity index (χ4n) is 2.77. The molecule has 0 spiro atoms. The molecule has 0 bridgehead atoms. The molecular weight excluding hydrogens is 324 g/mol. The number of nitrogens with zero attached hydrogens (tertiary/aromatic N) is 2. The Morgan fingerprint density at radius 2 is 1.76 bits per heavy atom. The van der Waals surface area contributed by atoms with Gasteiger partial charge in [-0.3, -0.25) is 19.4 Å². The number of ether oxygens (including phenoxy) is 2. The standard InChI is InChI=1S/C18H20N2O5/c1-19-16(21)15(17(22)20(2)18(19)23)10-12-5-7-13(8-6-12)25-11-14-4-3-9-24-14/h5-8,10,14H,3-4,9,11H2,1-2H3/t14-/m1/s1. The second-order valence-electron chi connectivity index (χ2n) is 6.08. The highest BCUT2D eigenvalue weighted by molar-refractivity contribution is 6.30. The van der Waals surface area contributed by atoms with E-state index < -0.39 is 17.8 Å². The van der Waals surface area contributed by atoms with E-state index in [1.54, 1.807) is 24.3 Å². The number of hydrogen-bond acceptors (Lipinski definition) is 5. The van der Waals surface area contributed by atoms with Crippen molar-refractivity contribution in [3.05, 3.63) is 35.4 Å². The monoisotopic (exact) mass is 344 g/mol. The lowest BCUT2D eigenvalue weighted by Gasteiger charge is -2.28. The molecule has 2 fully saturated rings. The molecule has 2 saturated heterocycles. The van der Waals surface area contributed by atoms with Crippen LogP contribution in [0.5, 0.6) is 5.75 Å². The number of carbonyl (C=O) groups excluding carboxylic acids is 3. The van der Waals surface area contributed by atoms with Gasteiger partial charge in [0.25, 0.3) is 11.8 Å². The van der Waals surface area contributed by atoms with Crippen molar-refractivity contribution in [1.29, 1.82) is 0 Å². The van der Waals surface area contributed by atoms with Crippen molar-refractivity contribution in [2.75, 3.05) is 27.3 Å². The first-order chi connectivity index (χ1) is 12.0. The maximum Gasteiger partial charge on any atom is 0.333 e. The van der Waals surface area contributed by atoms with Gasteiger partial charge >= 0.3 is 6.03 Å². The average molecular weight is 344 g/mol. The summed E-state index contributed by atoms with van der Waals surface area (Å²) in [7, 11) is 2.70. The topological polar surface area (TPSA) is 76.2 Å². The van der Waals surface area contributed by atoms with Gasteiger partial charge in [-0.25, -0.2) is 4.79 Å². The second-order valence-corrected chi connectivity index (χ2v) is 6.08. The summed E-state index contributed by atoms with van der Waals surface area (Å²) in [4.78, 5) is 37.9. The van der Waals surface area contributed by atoms with Gasteiger partial charge in [0.05, 0.1) is 6.10 Å². The number of imide groups is 2. The fourth-order valence-corrected chi connectivity index (χ4v) is 2.77. The predicted molar refractivity (Wildman–Crippen MR) is 89.8 cm³/mol. The van der Waals surface area contributed by atoms with Crippen LogP contribution in [0.3, 0.4) is 0 Å². The molecule has 0 aromatic heterocycles. The molecule has 4 amide bonds. The summed E-state index contributed by atoms with van der Waals surface area (Å²) in [6.07, 6.45) is 3.69.